The molecule has 0 radical (unpaired) electrons. The summed E-state index contributed by atoms with van der Waals surface area (Å²) in [5.41, 5.74) is 3.82. The molecule has 0 saturated carbocycles. The Hall–Kier alpha value is -2.82. The number of amides is 2. The number of likely N-dealkylation sites (tertiary alicyclic amines) is 1. The molecule has 5 atom stereocenters. The van der Waals surface area contributed by atoms with Gasteiger partial charge < -0.3 is 30.3 Å². The fourth-order valence-corrected chi connectivity index (χ4v) is 5.83. The summed E-state index contributed by atoms with van der Waals surface area (Å²) in [6.45, 7) is 6.61. The van der Waals surface area contributed by atoms with Gasteiger partial charge in [-0.15, -0.1) is 0 Å². The Balaban J connectivity index is 1.36. The number of benzene rings is 2. The van der Waals surface area contributed by atoms with Gasteiger partial charge >= 0.3 is 0 Å². The van der Waals surface area contributed by atoms with Gasteiger partial charge in [-0.3, -0.25) is 14.5 Å². The Labute approximate surface area is 249 Å². The van der Waals surface area contributed by atoms with E-state index in [2.05, 4.69) is 22.5 Å². The molecule has 9 heteroatoms. The van der Waals surface area contributed by atoms with Crippen molar-refractivity contribution >= 4 is 11.8 Å². The molecule has 4 rings (SSSR count). The maximum atomic E-state index is 12.3. The number of aliphatic hydroxyl groups excluding tert-OH is 2. The Morgan fingerprint density at radius 3 is 2.33 bits per heavy atom. The van der Waals surface area contributed by atoms with Crippen LogP contribution in [0.25, 0.3) is 0 Å². The molecule has 9 nitrogen and oxygen atoms in total. The van der Waals surface area contributed by atoms with Crippen LogP contribution in [-0.2, 0) is 32.2 Å². The third-order valence-electron chi connectivity index (χ3n) is 8.44. The lowest BCUT2D eigenvalue weighted by Crippen LogP contribution is -2.46. The van der Waals surface area contributed by atoms with Gasteiger partial charge in [0.15, 0.2) is 6.29 Å². The lowest BCUT2D eigenvalue weighted by Gasteiger charge is -2.43. The van der Waals surface area contributed by atoms with E-state index in [4.69, 9.17) is 9.47 Å². The normalized spacial score (nSPS) is 24.4. The molecule has 2 saturated heterocycles. The van der Waals surface area contributed by atoms with E-state index < -0.39 is 6.29 Å². The van der Waals surface area contributed by atoms with Gasteiger partial charge in [0.1, 0.15) is 0 Å². The molecular weight excluding hydrogens is 534 g/mol. The van der Waals surface area contributed by atoms with Crippen LogP contribution >= 0.6 is 0 Å². The fraction of sp³-hybridized carbons (Fsp3) is 0.576. The van der Waals surface area contributed by atoms with Gasteiger partial charge in [0.25, 0.3) is 0 Å². The zero-order valence-corrected chi connectivity index (χ0v) is 25.0. The molecule has 2 aromatic rings. The van der Waals surface area contributed by atoms with Gasteiger partial charge in [-0.1, -0.05) is 61.9 Å². The van der Waals surface area contributed by atoms with Crippen molar-refractivity contribution in [3.63, 3.8) is 0 Å². The minimum absolute atomic E-state index is 0.0000358. The summed E-state index contributed by atoms with van der Waals surface area (Å²) < 4.78 is 13.2. The molecule has 0 aliphatic carbocycles. The average molecular weight is 582 g/mol. The first-order valence-electron chi connectivity index (χ1n) is 15.3. The number of hydrogen-bond acceptors (Lipinski definition) is 7. The fourth-order valence-electron chi connectivity index (χ4n) is 5.83. The molecule has 2 aliphatic heterocycles. The lowest BCUT2D eigenvalue weighted by atomic mass is 9.90. The van der Waals surface area contributed by atoms with Gasteiger partial charge in [-0.25, -0.2) is 0 Å². The van der Waals surface area contributed by atoms with Crippen molar-refractivity contribution in [2.75, 3.05) is 26.2 Å². The third kappa shape index (κ3) is 9.09. The molecule has 0 aromatic heterocycles. The van der Waals surface area contributed by atoms with E-state index in [-0.39, 0.29) is 49.2 Å². The Bertz CT molecular complexity index is 1130. The molecule has 2 amide bonds. The average Bonchev–Trinajstić information content (AvgIpc) is 3.46. The number of carbonyl (C=O) groups is 2. The van der Waals surface area contributed by atoms with Crippen molar-refractivity contribution < 1.29 is 29.3 Å². The summed E-state index contributed by atoms with van der Waals surface area (Å²) in [6.07, 6.45) is 4.28. The van der Waals surface area contributed by atoms with E-state index in [1.165, 1.54) is 6.92 Å². The highest BCUT2D eigenvalue weighted by Gasteiger charge is 2.40. The third-order valence-corrected chi connectivity index (χ3v) is 8.44. The van der Waals surface area contributed by atoms with Crippen molar-refractivity contribution in [1.29, 1.82) is 0 Å². The van der Waals surface area contributed by atoms with Crippen LogP contribution in [0.2, 0.25) is 0 Å². The predicted octanol–water partition coefficient (Wildman–Crippen LogP) is 3.74. The van der Waals surface area contributed by atoms with Crippen molar-refractivity contribution in [1.82, 2.24) is 15.5 Å². The van der Waals surface area contributed by atoms with Crippen molar-refractivity contribution in [2.45, 2.75) is 90.1 Å². The van der Waals surface area contributed by atoms with Crippen LogP contribution in [0, 0.1) is 5.92 Å². The maximum absolute atomic E-state index is 12.3. The number of hydrogen-bond donors (Lipinski definition) is 4. The second kappa shape index (κ2) is 16.1. The van der Waals surface area contributed by atoms with E-state index >= 15 is 0 Å². The quantitative estimate of drug-likeness (QED) is 0.251. The predicted molar refractivity (Wildman–Crippen MR) is 160 cm³/mol. The Morgan fingerprint density at radius 2 is 1.64 bits per heavy atom. The topological polar surface area (TPSA) is 120 Å². The number of nitrogens with zero attached hydrogens (tertiary/aromatic N) is 1. The Kier molecular flexibility index (Phi) is 12.3. The van der Waals surface area contributed by atoms with E-state index in [1.807, 2.05) is 48.5 Å². The van der Waals surface area contributed by atoms with E-state index in [0.717, 1.165) is 67.4 Å². The molecule has 230 valence electrons. The highest BCUT2D eigenvalue weighted by Crippen LogP contribution is 2.42. The van der Waals surface area contributed by atoms with Crippen LogP contribution in [0.4, 0.5) is 0 Å². The number of nitrogens with one attached hydrogen (secondary N) is 2. The van der Waals surface area contributed by atoms with Gasteiger partial charge in [-0.05, 0) is 48.9 Å². The molecule has 2 aromatic carbocycles. The molecule has 2 aliphatic rings. The van der Waals surface area contributed by atoms with Gasteiger partial charge in [0, 0.05) is 50.5 Å². The lowest BCUT2D eigenvalue weighted by molar-refractivity contribution is -0.276. The van der Waals surface area contributed by atoms with Gasteiger partial charge in [-0.2, -0.15) is 0 Å². The smallest absolute Gasteiger partial charge is 0.220 e. The second-order valence-electron chi connectivity index (χ2n) is 11.6. The largest absolute Gasteiger partial charge is 0.395 e. The molecule has 42 heavy (non-hydrogen) atoms. The number of rotatable bonds is 14. The Morgan fingerprint density at radius 1 is 0.929 bits per heavy atom. The SMILES string of the molecule is CC(=O)NCCCCCC(=O)NCc1ccc([C@@H]2O[C@H](CN3CCC[C@H]3CO)[C@H](C)[C@H](c3ccc(CO)cc3)O2)cc1. The summed E-state index contributed by atoms with van der Waals surface area (Å²) in [5, 5.41) is 25.1. The van der Waals surface area contributed by atoms with E-state index in [1.54, 1.807) is 0 Å². The van der Waals surface area contributed by atoms with Crippen LogP contribution in [0.15, 0.2) is 48.5 Å². The van der Waals surface area contributed by atoms with Crippen LogP contribution < -0.4 is 10.6 Å². The van der Waals surface area contributed by atoms with Crippen LogP contribution in [-0.4, -0.2) is 65.3 Å². The summed E-state index contributed by atoms with van der Waals surface area (Å²) in [6, 6.07) is 16.1. The molecule has 0 unspecified atom stereocenters. The first-order valence-corrected chi connectivity index (χ1v) is 15.3. The highest BCUT2D eigenvalue weighted by atomic mass is 16.7. The molecule has 4 N–H and O–H groups in total. The maximum Gasteiger partial charge on any atom is 0.220 e. The zero-order chi connectivity index (χ0) is 29.9. The highest BCUT2D eigenvalue weighted by molar-refractivity contribution is 5.75. The minimum Gasteiger partial charge on any atom is -0.395 e. The number of ether oxygens (including phenoxy) is 2. The second-order valence-corrected chi connectivity index (χ2v) is 11.6. The summed E-state index contributed by atoms with van der Waals surface area (Å²) in [4.78, 5) is 25.5. The zero-order valence-electron chi connectivity index (χ0n) is 25.0. The summed E-state index contributed by atoms with van der Waals surface area (Å²) in [7, 11) is 0. The van der Waals surface area contributed by atoms with E-state index in [0.29, 0.717) is 19.5 Å². The van der Waals surface area contributed by atoms with Crippen molar-refractivity contribution in [3.05, 3.63) is 70.8 Å². The van der Waals surface area contributed by atoms with Crippen molar-refractivity contribution in [2.24, 2.45) is 5.92 Å². The van der Waals surface area contributed by atoms with Gasteiger partial charge in [0.05, 0.1) is 25.4 Å². The first-order chi connectivity index (χ1) is 20.4. The summed E-state index contributed by atoms with van der Waals surface area (Å²) >= 11 is 0. The van der Waals surface area contributed by atoms with Crippen LogP contribution in [0.1, 0.15) is 87.0 Å². The van der Waals surface area contributed by atoms with Crippen LogP contribution in [0.5, 0.6) is 0 Å². The molecule has 0 bridgehead atoms. The molecular formula is C33H47N3O6. The van der Waals surface area contributed by atoms with Gasteiger partial charge in [0.2, 0.25) is 11.8 Å². The number of unbranched alkanes of at least 4 members (excludes halogenated alkanes) is 2. The van der Waals surface area contributed by atoms with E-state index in [9.17, 15) is 19.8 Å². The monoisotopic (exact) mass is 581 g/mol. The molecule has 2 fully saturated rings. The first kappa shape index (κ1) is 32.1. The summed E-state index contributed by atoms with van der Waals surface area (Å²) in [5.74, 6) is 0.0787. The van der Waals surface area contributed by atoms with Crippen LogP contribution in [0.3, 0.4) is 0 Å². The van der Waals surface area contributed by atoms with Crippen molar-refractivity contribution in [3.8, 4) is 0 Å². The molecule has 0 spiro atoms. The minimum atomic E-state index is -0.551. The standard InChI is InChI=1S/C33H47N3O6/c1-23-30(20-36-18-6-7-29(36)22-38)41-33(42-32(23)27-13-11-26(21-37)12-14-27)28-15-9-25(10-16-28)19-35-31(40)8-4-3-5-17-34-24(2)39/h9-16,23,29-30,32-33,37-38H,3-8,17-22H2,1-2H3,(H,34,39)(H,35,40)/t23-,29-,30+,32+,33+/m0/s1. The number of aliphatic hydroxyl groups is 2. The number of carbonyl (C=O) groups excluding carboxylic acids is 2. The molecule has 2 heterocycles.